The lowest BCUT2D eigenvalue weighted by atomic mass is 10.3. The predicted molar refractivity (Wildman–Crippen MR) is 38.9 cm³/mol. The van der Waals surface area contributed by atoms with Crippen LogP contribution in [0.3, 0.4) is 0 Å². The zero-order valence-electron chi connectivity index (χ0n) is 7.13. The molecule has 13 heavy (non-hydrogen) atoms. The van der Waals surface area contributed by atoms with Crippen LogP contribution in [-0.4, -0.2) is 28.0 Å². The van der Waals surface area contributed by atoms with E-state index in [1.807, 2.05) is 0 Å². The van der Waals surface area contributed by atoms with Crippen molar-refractivity contribution in [3.8, 4) is 0 Å². The molecule has 0 saturated heterocycles. The third-order valence-corrected chi connectivity index (χ3v) is 1.62. The normalized spacial score (nSPS) is 14.5. The Kier molecular flexibility index (Phi) is 2.55. The van der Waals surface area contributed by atoms with E-state index >= 15 is 0 Å². The van der Waals surface area contributed by atoms with E-state index in [4.69, 9.17) is 0 Å². The molecule has 74 valence electrons. The molecule has 0 radical (unpaired) electrons. The Morgan fingerprint density at radius 3 is 2.46 bits per heavy atom. The van der Waals surface area contributed by atoms with Crippen molar-refractivity contribution in [1.29, 1.82) is 0 Å². The lowest BCUT2D eigenvalue weighted by molar-refractivity contribution is -0.158. The van der Waals surface area contributed by atoms with Gasteiger partial charge in [-0.25, -0.2) is 0 Å². The average molecular weight is 194 g/mol. The Morgan fingerprint density at radius 2 is 2.15 bits per heavy atom. The van der Waals surface area contributed by atoms with Crippen LogP contribution in [0.5, 0.6) is 0 Å². The summed E-state index contributed by atoms with van der Waals surface area (Å²) < 4.78 is 38.2. The Balaban J connectivity index is 2.98. The summed E-state index contributed by atoms with van der Waals surface area (Å²) in [6, 6.07) is -1.76. The van der Waals surface area contributed by atoms with Crippen LogP contribution in [0.1, 0.15) is 11.9 Å². The minimum Gasteiger partial charge on any atom is -0.319 e. The summed E-state index contributed by atoms with van der Waals surface area (Å²) in [7, 11) is 2.69. The van der Waals surface area contributed by atoms with Gasteiger partial charge in [0.15, 0.2) is 11.9 Å². The van der Waals surface area contributed by atoms with E-state index in [0.29, 0.717) is 0 Å². The Hall–Kier alpha value is -1.11. The molecule has 0 saturated carbocycles. The fourth-order valence-electron chi connectivity index (χ4n) is 0.993. The second-order valence-corrected chi connectivity index (χ2v) is 2.56. The lowest BCUT2D eigenvalue weighted by Crippen LogP contribution is -2.33. The van der Waals surface area contributed by atoms with Crippen molar-refractivity contribution in [2.75, 3.05) is 7.05 Å². The minimum atomic E-state index is -4.35. The van der Waals surface area contributed by atoms with E-state index in [0.717, 1.165) is 0 Å². The highest BCUT2D eigenvalue weighted by atomic mass is 19.4. The van der Waals surface area contributed by atoms with Gasteiger partial charge < -0.3 is 9.88 Å². The van der Waals surface area contributed by atoms with Crippen molar-refractivity contribution in [2.45, 2.75) is 12.2 Å². The van der Waals surface area contributed by atoms with E-state index in [-0.39, 0.29) is 5.82 Å². The van der Waals surface area contributed by atoms with Crippen molar-refractivity contribution >= 4 is 0 Å². The maximum Gasteiger partial charge on any atom is 0.411 e. The quantitative estimate of drug-likeness (QED) is 0.751. The molecule has 0 aromatic carbocycles. The summed E-state index contributed by atoms with van der Waals surface area (Å²) in [6.45, 7) is 0. The Bertz CT molecular complexity index is 280. The first kappa shape index (κ1) is 9.97. The summed E-state index contributed by atoms with van der Waals surface area (Å²) in [5, 5.41) is 8.90. The van der Waals surface area contributed by atoms with Crippen LogP contribution in [0.15, 0.2) is 6.33 Å². The molecule has 1 aromatic heterocycles. The molecule has 0 spiro atoms. The van der Waals surface area contributed by atoms with Gasteiger partial charge in [0.2, 0.25) is 0 Å². The summed E-state index contributed by atoms with van der Waals surface area (Å²) >= 11 is 0. The molecule has 1 rings (SSSR count). The number of hydrogen-bond donors (Lipinski definition) is 1. The van der Waals surface area contributed by atoms with Gasteiger partial charge in [-0.1, -0.05) is 0 Å². The smallest absolute Gasteiger partial charge is 0.319 e. The number of rotatable bonds is 2. The summed E-state index contributed by atoms with van der Waals surface area (Å²) in [4.78, 5) is 0. The van der Waals surface area contributed by atoms with Crippen LogP contribution in [0.4, 0.5) is 13.2 Å². The number of nitrogens with one attached hydrogen (secondary N) is 1. The molecule has 0 fully saturated rings. The number of aromatic nitrogens is 3. The molecule has 0 bridgehead atoms. The molecule has 0 aliphatic carbocycles. The second kappa shape index (κ2) is 3.33. The van der Waals surface area contributed by atoms with E-state index < -0.39 is 12.2 Å². The van der Waals surface area contributed by atoms with Crippen LogP contribution in [-0.2, 0) is 7.05 Å². The molecule has 0 aliphatic heterocycles. The lowest BCUT2D eigenvalue weighted by Gasteiger charge is -2.17. The molecule has 4 nitrogen and oxygen atoms in total. The van der Waals surface area contributed by atoms with Gasteiger partial charge in [-0.2, -0.15) is 13.2 Å². The van der Waals surface area contributed by atoms with Gasteiger partial charge in [-0.15, -0.1) is 10.2 Å². The number of aryl methyl sites for hydroxylation is 1. The number of alkyl halides is 3. The van der Waals surface area contributed by atoms with Crippen molar-refractivity contribution in [3.05, 3.63) is 12.2 Å². The predicted octanol–water partition coefficient (Wildman–Crippen LogP) is 0.638. The molecular formula is C6H9F3N4. The van der Waals surface area contributed by atoms with Crippen LogP contribution in [0.2, 0.25) is 0 Å². The molecule has 0 aliphatic rings. The largest absolute Gasteiger partial charge is 0.411 e. The summed E-state index contributed by atoms with van der Waals surface area (Å²) in [5.41, 5.74) is 0. The summed E-state index contributed by atoms with van der Waals surface area (Å²) in [6.07, 6.45) is -3.12. The van der Waals surface area contributed by atoms with Gasteiger partial charge in [0.05, 0.1) is 0 Å². The number of halogens is 3. The van der Waals surface area contributed by atoms with Gasteiger partial charge in [-0.05, 0) is 7.05 Å². The highest BCUT2D eigenvalue weighted by Gasteiger charge is 2.42. The zero-order valence-corrected chi connectivity index (χ0v) is 7.13. The zero-order chi connectivity index (χ0) is 10.1. The van der Waals surface area contributed by atoms with E-state index in [9.17, 15) is 13.2 Å². The molecule has 0 amide bonds. The van der Waals surface area contributed by atoms with Crippen LogP contribution in [0.25, 0.3) is 0 Å². The minimum absolute atomic E-state index is 0.144. The third-order valence-electron chi connectivity index (χ3n) is 1.62. The van der Waals surface area contributed by atoms with Gasteiger partial charge in [0.25, 0.3) is 0 Å². The fraction of sp³-hybridized carbons (Fsp3) is 0.667. The standard InChI is InChI=1S/C6H9F3N4/c1-10-4(6(7,8)9)5-12-11-3-13(5)2/h3-4,10H,1-2H3. The average Bonchev–Trinajstić information content (AvgIpc) is 2.35. The molecule has 1 aromatic rings. The van der Waals surface area contributed by atoms with Crippen molar-refractivity contribution in [3.63, 3.8) is 0 Å². The monoisotopic (exact) mass is 194 g/mol. The highest BCUT2D eigenvalue weighted by Crippen LogP contribution is 2.30. The maximum absolute atomic E-state index is 12.3. The third kappa shape index (κ3) is 1.97. The topological polar surface area (TPSA) is 42.7 Å². The SMILES string of the molecule is CNC(c1nncn1C)C(F)(F)F. The van der Waals surface area contributed by atoms with Crippen LogP contribution < -0.4 is 5.32 Å². The van der Waals surface area contributed by atoms with Gasteiger partial charge in [0, 0.05) is 7.05 Å². The molecule has 1 atom stereocenters. The van der Waals surface area contributed by atoms with Crippen molar-refractivity contribution in [2.24, 2.45) is 7.05 Å². The molecule has 1 N–H and O–H groups in total. The van der Waals surface area contributed by atoms with Crippen molar-refractivity contribution < 1.29 is 13.2 Å². The number of hydrogen-bond acceptors (Lipinski definition) is 3. The van der Waals surface area contributed by atoms with Crippen LogP contribution >= 0.6 is 0 Å². The molecule has 1 heterocycles. The van der Waals surface area contributed by atoms with E-state index in [1.54, 1.807) is 0 Å². The first-order valence-electron chi connectivity index (χ1n) is 3.54. The Morgan fingerprint density at radius 1 is 1.54 bits per heavy atom. The Labute approximate surface area is 72.8 Å². The maximum atomic E-state index is 12.3. The molecule has 7 heteroatoms. The van der Waals surface area contributed by atoms with E-state index in [2.05, 4.69) is 15.5 Å². The first-order chi connectivity index (χ1) is 5.96. The summed E-state index contributed by atoms with van der Waals surface area (Å²) in [5.74, 6) is -0.144. The van der Waals surface area contributed by atoms with Crippen molar-refractivity contribution in [1.82, 2.24) is 20.1 Å². The molecule has 1 unspecified atom stereocenters. The first-order valence-corrected chi connectivity index (χ1v) is 3.54. The van der Waals surface area contributed by atoms with Crippen LogP contribution in [0, 0.1) is 0 Å². The second-order valence-electron chi connectivity index (χ2n) is 2.56. The highest BCUT2D eigenvalue weighted by molar-refractivity contribution is 4.97. The van der Waals surface area contributed by atoms with Gasteiger partial charge >= 0.3 is 6.18 Å². The van der Waals surface area contributed by atoms with Gasteiger partial charge in [0.1, 0.15) is 6.33 Å². The number of nitrogens with zero attached hydrogens (tertiary/aromatic N) is 3. The molecular weight excluding hydrogens is 185 g/mol. The fourth-order valence-corrected chi connectivity index (χ4v) is 0.993. The van der Waals surface area contributed by atoms with Gasteiger partial charge in [-0.3, -0.25) is 0 Å². The van der Waals surface area contributed by atoms with E-state index in [1.165, 1.54) is 25.0 Å².